The molecule has 0 unspecified atom stereocenters. The Hall–Kier alpha value is -3.16. The minimum atomic E-state index is -0.114. The first-order chi connectivity index (χ1) is 16.6. The number of hydrogen-bond acceptors (Lipinski definition) is 6. The number of benzene rings is 1. The van der Waals surface area contributed by atoms with Gasteiger partial charge in [0.25, 0.3) is 0 Å². The van der Waals surface area contributed by atoms with Crippen molar-refractivity contribution in [2.24, 2.45) is 5.92 Å². The fraction of sp³-hybridized carbons (Fsp3) is 0.346. The van der Waals surface area contributed by atoms with Gasteiger partial charge in [-0.05, 0) is 73.4 Å². The van der Waals surface area contributed by atoms with Crippen molar-refractivity contribution in [2.45, 2.75) is 44.8 Å². The van der Waals surface area contributed by atoms with Gasteiger partial charge in [0.05, 0.1) is 42.5 Å². The molecule has 1 fully saturated rings. The van der Waals surface area contributed by atoms with Crippen molar-refractivity contribution in [3.8, 4) is 17.0 Å². The lowest BCUT2D eigenvalue weighted by atomic mass is 9.82. The van der Waals surface area contributed by atoms with Crippen molar-refractivity contribution < 1.29 is 9.84 Å². The van der Waals surface area contributed by atoms with Gasteiger partial charge in [0, 0.05) is 24.0 Å². The molecule has 3 aromatic heterocycles. The second-order valence-electron chi connectivity index (χ2n) is 8.92. The molecule has 7 nitrogen and oxygen atoms in total. The predicted molar refractivity (Wildman–Crippen MR) is 133 cm³/mol. The highest BCUT2D eigenvalue weighted by Gasteiger charge is 2.22. The lowest BCUT2D eigenvalue weighted by Gasteiger charge is -2.29. The summed E-state index contributed by atoms with van der Waals surface area (Å²) < 4.78 is 7.30. The molecule has 3 heterocycles. The summed E-state index contributed by atoms with van der Waals surface area (Å²) in [5, 5.41) is 13.9. The summed E-state index contributed by atoms with van der Waals surface area (Å²) in [6.45, 7) is -0.114. The average molecular weight is 478 g/mol. The smallest absolute Gasteiger partial charge is 0.137 e. The molecule has 1 saturated carbocycles. The van der Waals surface area contributed by atoms with Crippen LogP contribution in [0.3, 0.4) is 0 Å². The number of anilines is 1. The fourth-order valence-corrected chi connectivity index (χ4v) is 5.10. The van der Waals surface area contributed by atoms with Crippen LogP contribution in [0.25, 0.3) is 16.9 Å². The monoisotopic (exact) mass is 477 g/mol. The van der Waals surface area contributed by atoms with E-state index in [0.717, 1.165) is 47.4 Å². The summed E-state index contributed by atoms with van der Waals surface area (Å²) in [7, 11) is 1.57. The second-order valence-corrected chi connectivity index (χ2v) is 9.33. The van der Waals surface area contributed by atoms with E-state index in [1.54, 1.807) is 19.5 Å². The van der Waals surface area contributed by atoms with Crippen LogP contribution in [0.15, 0.2) is 55.4 Å². The topological polar surface area (TPSA) is 84.6 Å². The SMILES string of the molecule is COc1cc(CO)c(-c2cn3ccc(CC4CCC(Nc5cncnc5)CC4)cc3n2)cc1Cl. The lowest BCUT2D eigenvalue weighted by molar-refractivity contribution is 0.281. The Balaban J connectivity index is 1.27. The third-order valence-electron chi connectivity index (χ3n) is 6.65. The van der Waals surface area contributed by atoms with Crippen molar-refractivity contribution in [3.63, 3.8) is 0 Å². The fourth-order valence-electron chi connectivity index (χ4n) is 4.86. The van der Waals surface area contributed by atoms with E-state index in [4.69, 9.17) is 21.3 Å². The maximum absolute atomic E-state index is 9.85. The zero-order chi connectivity index (χ0) is 23.5. The number of aromatic nitrogens is 4. The van der Waals surface area contributed by atoms with Crippen LogP contribution in [0.1, 0.15) is 36.8 Å². The Morgan fingerprint density at radius 1 is 1.15 bits per heavy atom. The van der Waals surface area contributed by atoms with Crippen LogP contribution in [-0.2, 0) is 13.0 Å². The van der Waals surface area contributed by atoms with Gasteiger partial charge in [0.15, 0.2) is 0 Å². The molecule has 0 radical (unpaired) electrons. The number of nitrogens with one attached hydrogen (secondary N) is 1. The quantitative estimate of drug-likeness (QED) is 0.382. The molecule has 1 aromatic carbocycles. The van der Waals surface area contributed by atoms with Crippen LogP contribution in [0, 0.1) is 5.92 Å². The molecule has 4 aromatic rings. The number of imidazole rings is 1. The van der Waals surface area contributed by atoms with Crippen LogP contribution in [0.2, 0.25) is 5.02 Å². The van der Waals surface area contributed by atoms with E-state index < -0.39 is 0 Å². The van der Waals surface area contributed by atoms with Gasteiger partial charge in [0.1, 0.15) is 17.7 Å². The molecule has 0 bridgehead atoms. The van der Waals surface area contributed by atoms with Crippen LogP contribution < -0.4 is 10.1 Å². The third-order valence-corrected chi connectivity index (χ3v) is 6.95. The van der Waals surface area contributed by atoms with Crippen LogP contribution in [0.4, 0.5) is 5.69 Å². The highest BCUT2D eigenvalue weighted by atomic mass is 35.5. The van der Waals surface area contributed by atoms with Crippen molar-refractivity contribution in [1.82, 2.24) is 19.4 Å². The van der Waals surface area contributed by atoms with E-state index in [1.807, 2.05) is 29.1 Å². The zero-order valence-corrected chi connectivity index (χ0v) is 19.9. The van der Waals surface area contributed by atoms with Gasteiger partial charge in [-0.2, -0.15) is 0 Å². The van der Waals surface area contributed by atoms with Gasteiger partial charge >= 0.3 is 0 Å². The standard InChI is InChI=1S/C26H28ClN5O2/c1-34-25-10-19(15-33)22(11-23(25)27)24-14-32-7-6-18(9-26(32)31-24)8-17-2-4-20(5-3-17)30-21-12-28-16-29-13-21/h6-7,9-14,16-17,20,30,33H,2-5,8,15H2,1H3. The number of methoxy groups -OCH3 is 1. The van der Waals surface area contributed by atoms with E-state index in [-0.39, 0.29) is 6.61 Å². The molecular weight excluding hydrogens is 450 g/mol. The molecular formula is C26H28ClN5O2. The number of nitrogens with zero attached hydrogens (tertiary/aromatic N) is 4. The Kier molecular flexibility index (Phi) is 6.65. The molecule has 1 aliphatic carbocycles. The summed E-state index contributed by atoms with van der Waals surface area (Å²) in [4.78, 5) is 13.0. The lowest BCUT2D eigenvalue weighted by Crippen LogP contribution is -2.27. The first-order valence-electron chi connectivity index (χ1n) is 11.6. The highest BCUT2D eigenvalue weighted by Crippen LogP contribution is 2.34. The molecule has 0 saturated heterocycles. The van der Waals surface area contributed by atoms with Gasteiger partial charge in [-0.1, -0.05) is 11.6 Å². The van der Waals surface area contributed by atoms with Crippen molar-refractivity contribution in [3.05, 3.63) is 71.5 Å². The first kappa shape index (κ1) is 22.6. The second kappa shape index (κ2) is 9.99. The van der Waals surface area contributed by atoms with Gasteiger partial charge < -0.3 is 19.6 Å². The first-order valence-corrected chi connectivity index (χ1v) is 12.0. The molecule has 8 heteroatoms. The number of ether oxygens (including phenoxy) is 1. The number of halogens is 1. The molecule has 0 amide bonds. The minimum absolute atomic E-state index is 0.114. The van der Waals surface area contributed by atoms with E-state index >= 15 is 0 Å². The number of hydrogen-bond donors (Lipinski definition) is 2. The molecule has 0 atom stereocenters. The summed E-state index contributed by atoms with van der Waals surface area (Å²) >= 11 is 6.34. The normalized spacial score (nSPS) is 18.2. The molecule has 1 aliphatic rings. The zero-order valence-electron chi connectivity index (χ0n) is 19.1. The Morgan fingerprint density at radius 2 is 1.94 bits per heavy atom. The van der Waals surface area contributed by atoms with E-state index in [2.05, 4.69) is 33.6 Å². The Morgan fingerprint density at radius 3 is 2.68 bits per heavy atom. The molecule has 2 N–H and O–H groups in total. The largest absolute Gasteiger partial charge is 0.495 e. The minimum Gasteiger partial charge on any atom is -0.495 e. The van der Waals surface area contributed by atoms with Crippen molar-refractivity contribution in [1.29, 1.82) is 0 Å². The number of pyridine rings is 1. The average Bonchev–Trinajstić information content (AvgIpc) is 3.29. The number of aliphatic hydroxyl groups is 1. The van der Waals surface area contributed by atoms with Crippen LogP contribution in [0.5, 0.6) is 5.75 Å². The van der Waals surface area contributed by atoms with Gasteiger partial charge in [0.2, 0.25) is 0 Å². The van der Waals surface area contributed by atoms with Crippen molar-refractivity contribution in [2.75, 3.05) is 12.4 Å². The highest BCUT2D eigenvalue weighted by molar-refractivity contribution is 6.32. The summed E-state index contributed by atoms with van der Waals surface area (Å²) in [5.74, 6) is 1.21. The molecule has 0 spiro atoms. The van der Waals surface area contributed by atoms with E-state index in [1.165, 1.54) is 18.4 Å². The molecule has 5 rings (SSSR count). The Labute approximate surface area is 203 Å². The van der Waals surface area contributed by atoms with Crippen molar-refractivity contribution >= 4 is 22.9 Å². The van der Waals surface area contributed by atoms with Gasteiger partial charge in [-0.3, -0.25) is 0 Å². The number of aliphatic hydroxyl groups excluding tert-OH is 1. The summed E-state index contributed by atoms with van der Waals surface area (Å²) in [6.07, 6.45) is 15.0. The number of rotatable bonds is 7. The van der Waals surface area contributed by atoms with E-state index in [9.17, 15) is 5.11 Å². The van der Waals surface area contributed by atoms with Crippen LogP contribution in [-0.4, -0.2) is 37.6 Å². The Bertz CT molecular complexity index is 1270. The molecule has 34 heavy (non-hydrogen) atoms. The predicted octanol–water partition coefficient (Wildman–Crippen LogP) is 5.16. The van der Waals surface area contributed by atoms with Gasteiger partial charge in [-0.15, -0.1) is 0 Å². The summed E-state index contributed by atoms with van der Waals surface area (Å²) in [6, 6.07) is 8.40. The third kappa shape index (κ3) is 4.86. The molecule has 176 valence electrons. The van der Waals surface area contributed by atoms with Crippen LogP contribution >= 0.6 is 11.6 Å². The maximum atomic E-state index is 9.85. The summed E-state index contributed by atoms with van der Waals surface area (Å²) in [5.41, 5.74) is 5.51. The van der Waals surface area contributed by atoms with Gasteiger partial charge in [-0.25, -0.2) is 15.0 Å². The number of fused-ring (bicyclic) bond motifs is 1. The van der Waals surface area contributed by atoms with E-state index in [0.29, 0.717) is 22.7 Å². The molecule has 0 aliphatic heterocycles. The maximum Gasteiger partial charge on any atom is 0.137 e.